The van der Waals surface area contributed by atoms with Crippen LogP contribution in [0.2, 0.25) is 0 Å². The van der Waals surface area contributed by atoms with Gasteiger partial charge in [-0.25, -0.2) is 4.98 Å². The standard InChI is InChI=1S/C6H5N3O/c7-6-1-4-5(2-10-6)9-3-8-4/h1-3,7H,(H,8,9). The normalized spacial score (nSPS) is 10.4. The lowest BCUT2D eigenvalue weighted by Gasteiger charge is -1.83. The first-order valence-electron chi connectivity index (χ1n) is 2.83. The Hall–Kier alpha value is -1.58. The van der Waals surface area contributed by atoms with Gasteiger partial charge in [0.15, 0.2) is 0 Å². The molecule has 0 aliphatic heterocycles. The van der Waals surface area contributed by atoms with E-state index in [2.05, 4.69) is 9.97 Å². The van der Waals surface area contributed by atoms with Crippen LogP contribution in [0.25, 0.3) is 11.0 Å². The Balaban J connectivity index is 2.99. The lowest BCUT2D eigenvalue weighted by Crippen LogP contribution is -1.93. The topological polar surface area (TPSA) is 65.7 Å². The number of H-pyrrole nitrogens is 1. The summed E-state index contributed by atoms with van der Waals surface area (Å²) >= 11 is 0. The lowest BCUT2D eigenvalue weighted by atomic mass is 10.4. The Morgan fingerprint density at radius 3 is 3.40 bits per heavy atom. The zero-order chi connectivity index (χ0) is 6.97. The molecule has 4 heteroatoms. The van der Waals surface area contributed by atoms with Crippen LogP contribution < -0.4 is 5.55 Å². The van der Waals surface area contributed by atoms with E-state index in [0.29, 0.717) is 0 Å². The van der Waals surface area contributed by atoms with Crippen molar-refractivity contribution in [3.8, 4) is 0 Å². The predicted octanol–water partition coefficient (Wildman–Crippen LogP) is 0.635. The van der Waals surface area contributed by atoms with Crippen LogP contribution in [-0.4, -0.2) is 9.97 Å². The average Bonchev–Trinajstić information content (AvgIpc) is 2.33. The van der Waals surface area contributed by atoms with E-state index in [-0.39, 0.29) is 5.55 Å². The fourth-order valence-electron chi connectivity index (χ4n) is 0.805. The molecular weight excluding hydrogens is 130 g/mol. The monoisotopic (exact) mass is 135 g/mol. The van der Waals surface area contributed by atoms with Crippen molar-refractivity contribution in [1.82, 2.24) is 9.97 Å². The van der Waals surface area contributed by atoms with Crippen molar-refractivity contribution in [3.63, 3.8) is 0 Å². The van der Waals surface area contributed by atoms with Gasteiger partial charge in [-0.2, -0.15) is 0 Å². The zero-order valence-electron chi connectivity index (χ0n) is 5.09. The number of hydrogen-bond donors (Lipinski definition) is 2. The summed E-state index contributed by atoms with van der Waals surface area (Å²) < 4.78 is 4.79. The summed E-state index contributed by atoms with van der Waals surface area (Å²) in [7, 11) is 0. The number of nitrogens with zero attached hydrogens (tertiary/aromatic N) is 1. The highest BCUT2D eigenvalue weighted by atomic mass is 16.3. The Bertz CT molecular complexity index is 400. The van der Waals surface area contributed by atoms with Crippen LogP contribution in [-0.2, 0) is 0 Å². The first-order chi connectivity index (χ1) is 4.86. The molecule has 0 aliphatic carbocycles. The molecule has 0 amide bonds. The summed E-state index contributed by atoms with van der Waals surface area (Å²) in [5, 5.41) is 7.10. The fraction of sp³-hybridized carbons (Fsp3) is 0. The van der Waals surface area contributed by atoms with Gasteiger partial charge in [0.05, 0.1) is 11.8 Å². The Kier molecular flexibility index (Phi) is 0.887. The zero-order valence-corrected chi connectivity index (χ0v) is 5.09. The highest BCUT2D eigenvalue weighted by Gasteiger charge is 1.93. The highest BCUT2D eigenvalue weighted by molar-refractivity contribution is 5.71. The van der Waals surface area contributed by atoms with Gasteiger partial charge in [-0.15, -0.1) is 0 Å². The molecule has 0 atom stereocenters. The minimum atomic E-state index is 0.125. The van der Waals surface area contributed by atoms with Crippen LogP contribution in [0.4, 0.5) is 0 Å². The molecule has 0 saturated carbocycles. The van der Waals surface area contributed by atoms with E-state index in [4.69, 9.17) is 9.83 Å². The molecule has 50 valence electrons. The highest BCUT2D eigenvalue weighted by Crippen LogP contribution is 2.02. The van der Waals surface area contributed by atoms with Crippen molar-refractivity contribution < 1.29 is 4.42 Å². The molecule has 4 nitrogen and oxygen atoms in total. The third-order valence-electron chi connectivity index (χ3n) is 1.27. The van der Waals surface area contributed by atoms with Gasteiger partial charge in [0.1, 0.15) is 11.8 Å². The van der Waals surface area contributed by atoms with Crippen LogP contribution in [0.5, 0.6) is 0 Å². The smallest absolute Gasteiger partial charge is 0.213 e. The first-order valence-corrected chi connectivity index (χ1v) is 2.83. The van der Waals surface area contributed by atoms with Crippen molar-refractivity contribution in [2.45, 2.75) is 0 Å². The van der Waals surface area contributed by atoms with Crippen LogP contribution in [0.15, 0.2) is 23.1 Å². The number of rotatable bonds is 0. The molecular formula is C6H5N3O. The maximum absolute atomic E-state index is 7.10. The minimum absolute atomic E-state index is 0.125. The number of nitrogens with one attached hydrogen (secondary N) is 2. The van der Waals surface area contributed by atoms with E-state index in [1.54, 1.807) is 12.4 Å². The van der Waals surface area contributed by atoms with E-state index in [1.807, 2.05) is 0 Å². The number of aromatic nitrogens is 2. The quantitative estimate of drug-likeness (QED) is 0.556. The average molecular weight is 135 g/mol. The van der Waals surface area contributed by atoms with Crippen molar-refractivity contribution in [3.05, 3.63) is 24.2 Å². The largest absolute Gasteiger partial charge is 0.445 e. The second kappa shape index (κ2) is 1.70. The summed E-state index contributed by atoms with van der Waals surface area (Å²) in [4.78, 5) is 6.80. The Labute approximate surface area is 56.0 Å². The molecule has 0 spiro atoms. The molecule has 0 bridgehead atoms. The van der Waals surface area contributed by atoms with E-state index in [0.717, 1.165) is 11.0 Å². The van der Waals surface area contributed by atoms with Gasteiger partial charge in [-0.1, -0.05) is 0 Å². The molecule has 2 heterocycles. The summed E-state index contributed by atoms with van der Waals surface area (Å²) in [5.41, 5.74) is 1.70. The summed E-state index contributed by atoms with van der Waals surface area (Å²) in [6.07, 6.45) is 3.05. The number of hydrogen-bond acceptors (Lipinski definition) is 3. The van der Waals surface area contributed by atoms with E-state index < -0.39 is 0 Å². The molecule has 0 unspecified atom stereocenters. The third kappa shape index (κ3) is 0.621. The van der Waals surface area contributed by atoms with Gasteiger partial charge in [0, 0.05) is 6.07 Å². The van der Waals surface area contributed by atoms with Crippen molar-refractivity contribution >= 4 is 11.0 Å². The molecule has 0 radical (unpaired) electrons. The molecule has 0 aliphatic rings. The molecule has 2 rings (SSSR count). The summed E-state index contributed by atoms with van der Waals surface area (Å²) in [5.74, 6) is 0. The maximum atomic E-state index is 7.10. The van der Waals surface area contributed by atoms with Gasteiger partial charge >= 0.3 is 0 Å². The van der Waals surface area contributed by atoms with Gasteiger partial charge in [0.2, 0.25) is 5.55 Å². The van der Waals surface area contributed by atoms with Gasteiger partial charge in [-0.3, -0.25) is 5.41 Å². The van der Waals surface area contributed by atoms with Crippen LogP contribution in [0, 0.1) is 5.41 Å². The molecule has 2 N–H and O–H groups in total. The number of imidazole rings is 1. The van der Waals surface area contributed by atoms with Crippen molar-refractivity contribution in [1.29, 1.82) is 5.41 Å². The van der Waals surface area contributed by atoms with Crippen LogP contribution in [0.1, 0.15) is 0 Å². The van der Waals surface area contributed by atoms with E-state index in [9.17, 15) is 0 Å². The minimum Gasteiger partial charge on any atom is -0.445 e. The molecule has 2 aromatic heterocycles. The second-order valence-corrected chi connectivity index (χ2v) is 1.95. The van der Waals surface area contributed by atoms with Gasteiger partial charge in [-0.05, 0) is 0 Å². The Morgan fingerprint density at radius 2 is 2.50 bits per heavy atom. The summed E-state index contributed by atoms with van der Waals surface area (Å²) in [6.45, 7) is 0. The first kappa shape index (κ1) is 5.22. The van der Waals surface area contributed by atoms with Crippen LogP contribution >= 0.6 is 0 Å². The van der Waals surface area contributed by atoms with Gasteiger partial charge in [0.25, 0.3) is 0 Å². The van der Waals surface area contributed by atoms with E-state index >= 15 is 0 Å². The molecule has 10 heavy (non-hydrogen) atoms. The predicted molar refractivity (Wildman–Crippen MR) is 34.2 cm³/mol. The lowest BCUT2D eigenvalue weighted by molar-refractivity contribution is 0.492. The Morgan fingerprint density at radius 1 is 1.60 bits per heavy atom. The van der Waals surface area contributed by atoms with Crippen molar-refractivity contribution in [2.24, 2.45) is 0 Å². The van der Waals surface area contributed by atoms with E-state index in [1.165, 1.54) is 6.26 Å². The number of aromatic amines is 1. The molecule has 0 fully saturated rings. The fourth-order valence-corrected chi connectivity index (χ4v) is 0.805. The summed E-state index contributed by atoms with van der Waals surface area (Å²) in [6, 6.07) is 1.56. The maximum Gasteiger partial charge on any atom is 0.213 e. The molecule has 2 aromatic rings. The van der Waals surface area contributed by atoms with Crippen LogP contribution in [0.3, 0.4) is 0 Å². The second-order valence-electron chi connectivity index (χ2n) is 1.95. The van der Waals surface area contributed by atoms with Crippen molar-refractivity contribution in [2.75, 3.05) is 0 Å². The van der Waals surface area contributed by atoms with Gasteiger partial charge < -0.3 is 9.40 Å². The SMILES string of the molecule is N=c1cc2nc[nH]c2co1. The number of fused-ring (bicyclic) bond motifs is 1. The molecule has 0 saturated heterocycles. The molecule has 0 aromatic carbocycles. The third-order valence-corrected chi connectivity index (χ3v) is 1.27.